The van der Waals surface area contributed by atoms with Crippen LogP contribution in [0.3, 0.4) is 0 Å². The molecule has 0 saturated carbocycles. The molecular formula is C16H26N4O2. The monoisotopic (exact) mass is 306 g/mol. The fourth-order valence-electron chi connectivity index (χ4n) is 3.13. The number of nitrogens with zero attached hydrogens (tertiary/aromatic N) is 3. The second-order valence-electron chi connectivity index (χ2n) is 6.75. The molecule has 2 saturated heterocycles. The Bertz CT molecular complexity index is 461. The first-order valence-corrected chi connectivity index (χ1v) is 8.22. The highest BCUT2D eigenvalue weighted by Gasteiger charge is 2.51. The van der Waals surface area contributed by atoms with Crippen LogP contribution >= 0.6 is 0 Å². The van der Waals surface area contributed by atoms with Crippen molar-refractivity contribution in [2.75, 3.05) is 26.2 Å². The molecule has 1 N–H and O–H groups in total. The van der Waals surface area contributed by atoms with E-state index >= 15 is 0 Å². The Morgan fingerprint density at radius 2 is 1.95 bits per heavy atom. The van der Waals surface area contributed by atoms with Gasteiger partial charge in [-0.25, -0.2) is 4.79 Å². The number of hydrogen-bond donors (Lipinski definition) is 1. The van der Waals surface area contributed by atoms with E-state index in [0.29, 0.717) is 38.1 Å². The van der Waals surface area contributed by atoms with Crippen LogP contribution in [0.1, 0.15) is 46.0 Å². The molecular weight excluding hydrogens is 280 g/mol. The number of nitrogens with one attached hydrogen (secondary N) is 1. The van der Waals surface area contributed by atoms with Gasteiger partial charge in [-0.2, -0.15) is 5.26 Å². The lowest BCUT2D eigenvalue weighted by Crippen LogP contribution is -2.55. The van der Waals surface area contributed by atoms with Gasteiger partial charge in [-0.1, -0.05) is 13.8 Å². The molecule has 6 nitrogen and oxygen atoms in total. The number of carbonyl (C=O) groups excluding carboxylic acids is 2. The first-order valence-electron chi connectivity index (χ1n) is 8.22. The van der Waals surface area contributed by atoms with Gasteiger partial charge in [0.15, 0.2) is 0 Å². The fraction of sp³-hybridized carbons (Fsp3) is 0.812. The quantitative estimate of drug-likeness (QED) is 0.599. The average molecular weight is 306 g/mol. The van der Waals surface area contributed by atoms with Crippen molar-refractivity contribution in [2.45, 2.75) is 51.5 Å². The number of likely N-dealkylation sites (tertiary alicyclic amines) is 1. The number of urea groups is 1. The van der Waals surface area contributed by atoms with Gasteiger partial charge in [0.05, 0.1) is 6.07 Å². The highest BCUT2D eigenvalue weighted by atomic mass is 16.2. The number of piperidine rings is 1. The zero-order valence-corrected chi connectivity index (χ0v) is 13.6. The van der Waals surface area contributed by atoms with Crippen molar-refractivity contribution in [3.05, 3.63) is 0 Å². The largest absolute Gasteiger partial charge is 0.325 e. The summed E-state index contributed by atoms with van der Waals surface area (Å²) in [5, 5.41) is 11.5. The van der Waals surface area contributed by atoms with Crippen LogP contribution in [-0.2, 0) is 4.79 Å². The van der Waals surface area contributed by atoms with Gasteiger partial charge in [0.1, 0.15) is 5.54 Å². The van der Waals surface area contributed by atoms with E-state index in [1.54, 1.807) is 0 Å². The van der Waals surface area contributed by atoms with Crippen LogP contribution in [0.25, 0.3) is 0 Å². The molecule has 0 aromatic rings. The van der Waals surface area contributed by atoms with E-state index in [9.17, 15) is 9.59 Å². The Labute approximate surface area is 132 Å². The highest BCUT2D eigenvalue weighted by Crippen LogP contribution is 2.29. The van der Waals surface area contributed by atoms with Gasteiger partial charge in [-0.15, -0.1) is 0 Å². The zero-order chi connectivity index (χ0) is 16.2. The maximum Gasteiger partial charge on any atom is 0.325 e. The molecule has 2 fully saturated rings. The first-order chi connectivity index (χ1) is 10.5. The van der Waals surface area contributed by atoms with Crippen molar-refractivity contribution in [3.8, 4) is 6.07 Å². The summed E-state index contributed by atoms with van der Waals surface area (Å²) in [7, 11) is 0. The molecule has 0 aromatic heterocycles. The Kier molecular flexibility index (Phi) is 5.41. The number of unbranched alkanes of at least 4 members (excludes halogenated alkanes) is 1. The van der Waals surface area contributed by atoms with E-state index in [0.717, 1.165) is 26.1 Å². The molecule has 2 aliphatic rings. The Hall–Kier alpha value is -1.61. The number of nitriles is 1. The van der Waals surface area contributed by atoms with E-state index in [-0.39, 0.29) is 11.9 Å². The predicted molar refractivity (Wildman–Crippen MR) is 83.0 cm³/mol. The van der Waals surface area contributed by atoms with Gasteiger partial charge in [0, 0.05) is 26.1 Å². The summed E-state index contributed by atoms with van der Waals surface area (Å²) in [6.07, 6.45) is 3.45. The molecule has 0 aliphatic carbocycles. The van der Waals surface area contributed by atoms with Gasteiger partial charge in [-0.3, -0.25) is 9.69 Å². The van der Waals surface area contributed by atoms with Crippen molar-refractivity contribution in [1.29, 1.82) is 5.26 Å². The molecule has 1 spiro atoms. The molecule has 0 bridgehead atoms. The SMILES string of the molecule is CC(C)CCN1CCC2(CC1)NC(=O)N(CCCC#N)C2=O. The van der Waals surface area contributed by atoms with Gasteiger partial charge < -0.3 is 10.2 Å². The number of amides is 3. The van der Waals surface area contributed by atoms with Crippen molar-refractivity contribution in [3.63, 3.8) is 0 Å². The van der Waals surface area contributed by atoms with Crippen LogP contribution in [0.4, 0.5) is 4.79 Å². The maximum atomic E-state index is 12.6. The summed E-state index contributed by atoms with van der Waals surface area (Å²) in [6, 6.07) is 1.75. The molecule has 0 radical (unpaired) electrons. The third kappa shape index (κ3) is 3.58. The third-order valence-corrected chi connectivity index (χ3v) is 4.65. The Balaban J connectivity index is 1.89. The highest BCUT2D eigenvalue weighted by molar-refractivity contribution is 6.07. The van der Waals surface area contributed by atoms with E-state index in [1.807, 2.05) is 6.07 Å². The Morgan fingerprint density at radius 1 is 1.27 bits per heavy atom. The summed E-state index contributed by atoms with van der Waals surface area (Å²) in [5.41, 5.74) is -0.696. The Morgan fingerprint density at radius 3 is 2.55 bits per heavy atom. The summed E-state index contributed by atoms with van der Waals surface area (Å²) in [5.74, 6) is 0.582. The number of carbonyl (C=O) groups is 2. The summed E-state index contributed by atoms with van der Waals surface area (Å²) < 4.78 is 0. The van der Waals surface area contributed by atoms with Crippen LogP contribution in [0, 0.1) is 17.2 Å². The van der Waals surface area contributed by atoms with Gasteiger partial charge in [-0.05, 0) is 38.1 Å². The van der Waals surface area contributed by atoms with Crippen molar-refractivity contribution >= 4 is 11.9 Å². The second kappa shape index (κ2) is 7.10. The summed E-state index contributed by atoms with van der Waals surface area (Å²) in [6.45, 7) is 7.53. The minimum absolute atomic E-state index is 0.0982. The number of rotatable bonds is 6. The van der Waals surface area contributed by atoms with Crippen molar-refractivity contribution in [2.24, 2.45) is 5.92 Å². The minimum atomic E-state index is -0.696. The third-order valence-electron chi connectivity index (χ3n) is 4.65. The molecule has 6 heteroatoms. The summed E-state index contributed by atoms with van der Waals surface area (Å²) in [4.78, 5) is 28.3. The van der Waals surface area contributed by atoms with E-state index in [2.05, 4.69) is 24.1 Å². The average Bonchev–Trinajstić information content (AvgIpc) is 2.71. The van der Waals surface area contributed by atoms with Crippen LogP contribution in [-0.4, -0.2) is 53.5 Å². The zero-order valence-electron chi connectivity index (χ0n) is 13.6. The van der Waals surface area contributed by atoms with Gasteiger partial charge in [0.25, 0.3) is 5.91 Å². The predicted octanol–water partition coefficient (Wildman–Crippen LogP) is 1.72. The smallest absolute Gasteiger partial charge is 0.323 e. The molecule has 22 heavy (non-hydrogen) atoms. The van der Waals surface area contributed by atoms with Gasteiger partial charge in [0.2, 0.25) is 0 Å². The first kappa shape index (κ1) is 16.8. The van der Waals surface area contributed by atoms with Crippen LogP contribution in [0.15, 0.2) is 0 Å². The minimum Gasteiger partial charge on any atom is -0.323 e. The van der Waals surface area contributed by atoms with Crippen LogP contribution in [0.5, 0.6) is 0 Å². The maximum absolute atomic E-state index is 12.6. The van der Waals surface area contributed by atoms with E-state index < -0.39 is 5.54 Å². The fourth-order valence-corrected chi connectivity index (χ4v) is 3.13. The molecule has 0 unspecified atom stereocenters. The standard InChI is InChI=1S/C16H26N4O2/c1-13(2)5-10-19-11-6-16(7-12-19)14(21)20(15(22)18-16)9-4-3-8-17/h13H,3-7,9-12H2,1-2H3,(H,18,22). The van der Waals surface area contributed by atoms with Gasteiger partial charge >= 0.3 is 6.03 Å². The molecule has 2 heterocycles. The molecule has 2 aliphatic heterocycles. The van der Waals surface area contributed by atoms with E-state index in [1.165, 1.54) is 4.90 Å². The molecule has 0 aromatic carbocycles. The van der Waals surface area contributed by atoms with E-state index in [4.69, 9.17) is 5.26 Å². The summed E-state index contributed by atoms with van der Waals surface area (Å²) >= 11 is 0. The number of imide groups is 1. The van der Waals surface area contributed by atoms with Crippen molar-refractivity contribution < 1.29 is 9.59 Å². The molecule has 3 amide bonds. The lowest BCUT2D eigenvalue weighted by atomic mass is 9.87. The number of hydrogen-bond acceptors (Lipinski definition) is 4. The molecule has 2 rings (SSSR count). The van der Waals surface area contributed by atoms with Crippen LogP contribution < -0.4 is 5.32 Å². The lowest BCUT2D eigenvalue weighted by Gasteiger charge is -2.37. The second-order valence-corrected chi connectivity index (χ2v) is 6.75. The lowest BCUT2D eigenvalue weighted by molar-refractivity contribution is -0.133. The van der Waals surface area contributed by atoms with Crippen LogP contribution in [0.2, 0.25) is 0 Å². The normalized spacial score (nSPS) is 21.5. The topological polar surface area (TPSA) is 76.4 Å². The molecule has 122 valence electrons. The van der Waals surface area contributed by atoms with Crippen molar-refractivity contribution in [1.82, 2.24) is 15.1 Å². The molecule has 0 atom stereocenters.